The van der Waals surface area contributed by atoms with E-state index in [-0.39, 0.29) is 22.8 Å². The predicted octanol–water partition coefficient (Wildman–Crippen LogP) is 4.19. The molecule has 0 fully saturated rings. The third-order valence-electron chi connectivity index (χ3n) is 3.83. The smallest absolute Gasteiger partial charge is 0.399 e. The van der Waals surface area contributed by atoms with E-state index in [0.717, 1.165) is 6.42 Å². The zero-order chi connectivity index (χ0) is 16.6. The number of halogens is 3. The van der Waals surface area contributed by atoms with E-state index in [2.05, 4.69) is 15.3 Å². The number of hydrogen-bond donors (Lipinski definition) is 1. The average Bonchev–Trinajstić information content (AvgIpc) is 2.51. The molecule has 3 rings (SSSR count). The van der Waals surface area contributed by atoms with Gasteiger partial charge in [-0.15, -0.1) is 0 Å². The highest BCUT2D eigenvalue weighted by Gasteiger charge is 2.47. The Labute approximate surface area is 131 Å². The zero-order valence-electron chi connectivity index (χ0n) is 12.7. The van der Waals surface area contributed by atoms with E-state index in [1.807, 2.05) is 6.92 Å². The minimum absolute atomic E-state index is 0.113. The van der Waals surface area contributed by atoms with Crippen molar-refractivity contribution in [3.63, 3.8) is 0 Å². The molecular weight excluding hydrogens is 307 g/mol. The number of aromatic nitrogens is 2. The van der Waals surface area contributed by atoms with E-state index < -0.39 is 12.1 Å². The van der Waals surface area contributed by atoms with E-state index in [0.29, 0.717) is 17.9 Å². The highest BCUT2D eigenvalue weighted by atomic mass is 19.4. The number of pyridine rings is 2. The van der Waals surface area contributed by atoms with Crippen molar-refractivity contribution in [2.24, 2.45) is 0 Å². The number of hydrogen-bond acceptors (Lipinski definition) is 4. The summed E-state index contributed by atoms with van der Waals surface area (Å²) >= 11 is 0. The van der Waals surface area contributed by atoms with Crippen LogP contribution in [0.15, 0.2) is 24.4 Å². The van der Waals surface area contributed by atoms with Gasteiger partial charge in [-0.1, -0.05) is 19.4 Å². The number of rotatable bonds is 3. The highest BCUT2D eigenvalue weighted by Crippen LogP contribution is 2.49. The summed E-state index contributed by atoms with van der Waals surface area (Å²) < 4.78 is 46.3. The summed E-state index contributed by atoms with van der Waals surface area (Å²) in [6.45, 7) is 1.96. The van der Waals surface area contributed by atoms with Crippen LogP contribution in [-0.4, -0.2) is 23.3 Å². The highest BCUT2D eigenvalue weighted by molar-refractivity contribution is 5.69. The van der Waals surface area contributed by atoms with Gasteiger partial charge in [0.05, 0.1) is 7.11 Å². The van der Waals surface area contributed by atoms with Crippen LogP contribution in [0.4, 0.5) is 24.8 Å². The summed E-state index contributed by atoms with van der Waals surface area (Å²) in [6.07, 6.45) is -1.58. The van der Waals surface area contributed by atoms with Crippen molar-refractivity contribution < 1.29 is 17.9 Å². The Hall–Kier alpha value is -2.31. The number of methoxy groups -OCH3 is 1. The van der Waals surface area contributed by atoms with Crippen molar-refractivity contribution in [1.29, 1.82) is 0 Å². The number of fused-ring (bicyclic) bond motifs is 2. The Kier molecular flexibility index (Phi) is 3.87. The first-order valence-electron chi connectivity index (χ1n) is 7.32. The van der Waals surface area contributed by atoms with Crippen molar-refractivity contribution in [3.05, 3.63) is 41.1 Å². The zero-order valence-corrected chi connectivity index (χ0v) is 12.7. The van der Waals surface area contributed by atoms with Crippen LogP contribution in [0.2, 0.25) is 0 Å². The molecule has 122 valence electrons. The lowest BCUT2D eigenvalue weighted by Crippen LogP contribution is -2.27. The first-order chi connectivity index (χ1) is 11.0. The minimum atomic E-state index is -4.42. The Morgan fingerprint density at radius 3 is 2.70 bits per heavy atom. The maximum atomic E-state index is 13.7. The van der Waals surface area contributed by atoms with Gasteiger partial charge in [0.15, 0.2) is 0 Å². The normalized spacial score (nSPS) is 16.3. The van der Waals surface area contributed by atoms with Crippen LogP contribution < -0.4 is 10.1 Å². The van der Waals surface area contributed by atoms with E-state index in [1.54, 1.807) is 6.07 Å². The lowest BCUT2D eigenvalue weighted by molar-refractivity contribution is -0.141. The average molecular weight is 323 g/mol. The second kappa shape index (κ2) is 5.72. The van der Waals surface area contributed by atoms with Crippen LogP contribution in [0.5, 0.6) is 5.88 Å². The maximum absolute atomic E-state index is 13.7. The second-order valence-electron chi connectivity index (χ2n) is 5.39. The monoisotopic (exact) mass is 323 g/mol. The largest absolute Gasteiger partial charge is 0.481 e. The van der Waals surface area contributed by atoms with E-state index in [9.17, 15) is 13.2 Å². The number of alkyl halides is 3. The molecule has 3 heterocycles. The summed E-state index contributed by atoms with van der Waals surface area (Å²) in [5.41, 5.74) is 0.904. The quantitative estimate of drug-likeness (QED) is 0.920. The van der Waals surface area contributed by atoms with Gasteiger partial charge in [0, 0.05) is 22.9 Å². The third kappa shape index (κ3) is 2.71. The molecule has 0 bridgehead atoms. The van der Waals surface area contributed by atoms with Crippen molar-refractivity contribution >= 4 is 11.6 Å². The first kappa shape index (κ1) is 15.6. The molecule has 23 heavy (non-hydrogen) atoms. The Balaban J connectivity index is 2.21. The minimum Gasteiger partial charge on any atom is -0.481 e. The Morgan fingerprint density at radius 1 is 1.26 bits per heavy atom. The van der Waals surface area contributed by atoms with Gasteiger partial charge >= 0.3 is 6.18 Å². The molecule has 0 aliphatic carbocycles. The van der Waals surface area contributed by atoms with Gasteiger partial charge in [0.1, 0.15) is 17.6 Å². The summed E-state index contributed by atoms with van der Waals surface area (Å²) in [7, 11) is 1.46. The van der Waals surface area contributed by atoms with Crippen molar-refractivity contribution in [1.82, 2.24) is 9.97 Å². The van der Waals surface area contributed by atoms with Crippen LogP contribution in [0.3, 0.4) is 0 Å². The van der Waals surface area contributed by atoms with Crippen molar-refractivity contribution in [2.45, 2.75) is 31.9 Å². The topological polar surface area (TPSA) is 47.0 Å². The fourth-order valence-electron chi connectivity index (χ4n) is 2.89. The number of aryl methyl sites for hydroxylation is 1. The molecule has 1 N–H and O–H groups in total. The SMILES string of the molecule is CCCc1cc2c(nc1OC)Nc1ncccc1C2C(F)(F)F. The molecule has 1 aliphatic rings. The predicted molar refractivity (Wildman–Crippen MR) is 80.2 cm³/mol. The van der Waals surface area contributed by atoms with Crippen molar-refractivity contribution in [2.75, 3.05) is 12.4 Å². The molecule has 0 saturated heterocycles. The Morgan fingerprint density at radius 2 is 2.04 bits per heavy atom. The molecule has 0 aromatic carbocycles. The molecule has 0 radical (unpaired) electrons. The summed E-state index contributed by atoms with van der Waals surface area (Å²) in [4.78, 5) is 8.24. The van der Waals surface area contributed by atoms with Gasteiger partial charge in [0.2, 0.25) is 5.88 Å². The van der Waals surface area contributed by atoms with Crippen LogP contribution in [0.1, 0.15) is 36.0 Å². The molecule has 4 nitrogen and oxygen atoms in total. The molecule has 2 aromatic heterocycles. The molecule has 0 saturated carbocycles. The molecule has 1 aliphatic heterocycles. The number of ether oxygens (including phenoxy) is 1. The van der Waals surface area contributed by atoms with Crippen LogP contribution in [0.25, 0.3) is 0 Å². The van der Waals surface area contributed by atoms with Crippen molar-refractivity contribution in [3.8, 4) is 5.88 Å². The van der Waals surface area contributed by atoms with Crippen LogP contribution >= 0.6 is 0 Å². The summed E-state index contributed by atoms with van der Waals surface area (Å²) in [5.74, 6) is -1.06. The molecule has 1 unspecified atom stereocenters. The van der Waals surface area contributed by atoms with Gasteiger partial charge in [-0.05, 0) is 18.6 Å². The van der Waals surface area contributed by atoms with Gasteiger partial charge in [-0.25, -0.2) is 4.98 Å². The fourth-order valence-corrected chi connectivity index (χ4v) is 2.89. The van der Waals surface area contributed by atoms with E-state index >= 15 is 0 Å². The number of nitrogens with zero attached hydrogens (tertiary/aromatic N) is 2. The van der Waals surface area contributed by atoms with Gasteiger partial charge in [-0.3, -0.25) is 0 Å². The standard InChI is InChI=1S/C16H16F3N3O/c1-3-5-9-8-11-12(16(17,18)19)10-6-4-7-20-13(10)21-14(11)22-15(9)23-2/h4,6-8,12H,3,5H2,1-2H3,(H,20,21,22). The van der Waals surface area contributed by atoms with Crippen LogP contribution in [-0.2, 0) is 6.42 Å². The third-order valence-corrected chi connectivity index (χ3v) is 3.83. The fraction of sp³-hybridized carbons (Fsp3) is 0.375. The molecule has 0 amide bonds. The van der Waals surface area contributed by atoms with E-state index in [4.69, 9.17) is 4.74 Å². The lowest BCUT2D eigenvalue weighted by Gasteiger charge is -2.30. The van der Waals surface area contributed by atoms with Gasteiger partial charge in [-0.2, -0.15) is 18.2 Å². The molecule has 0 spiro atoms. The Bertz CT molecular complexity index is 731. The lowest BCUT2D eigenvalue weighted by atomic mass is 9.87. The molecule has 1 atom stereocenters. The van der Waals surface area contributed by atoms with E-state index in [1.165, 1.54) is 25.4 Å². The second-order valence-corrected chi connectivity index (χ2v) is 5.39. The van der Waals surface area contributed by atoms with Gasteiger partial charge in [0.25, 0.3) is 0 Å². The van der Waals surface area contributed by atoms with Gasteiger partial charge < -0.3 is 10.1 Å². The summed E-state index contributed by atoms with van der Waals surface area (Å²) in [5, 5.41) is 2.88. The number of nitrogens with one attached hydrogen (secondary N) is 1. The molecule has 2 aromatic rings. The number of anilines is 2. The summed E-state index contributed by atoms with van der Waals surface area (Å²) in [6, 6.07) is 4.50. The maximum Gasteiger partial charge on any atom is 0.399 e. The molecular formula is C16H16F3N3O. The molecule has 7 heteroatoms. The first-order valence-corrected chi connectivity index (χ1v) is 7.32. The van der Waals surface area contributed by atoms with Crippen LogP contribution in [0, 0.1) is 0 Å².